The van der Waals surface area contributed by atoms with Crippen molar-refractivity contribution in [2.75, 3.05) is 0 Å². The molecule has 3 nitrogen and oxygen atoms in total. The second-order valence-corrected chi connectivity index (χ2v) is 4.10. The first-order chi connectivity index (χ1) is 9.76. The Morgan fingerprint density at radius 3 is 2.15 bits per heavy atom. The van der Waals surface area contributed by atoms with Crippen molar-refractivity contribution in [2.45, 2.75) is 0 Å². The fourth-order valence-electron chi connectivity index (χ4n) is 1.80. The van der Waals surface area contributed by atoms with E-state index < -0.39 is 0 Å². The van der Waals surface area contributed by atoms with Crippen LogP contribution in [0.3, 0.4) is 0 Å². The third-order valence-electron chi connectivity index (χ3n) is 2.79. The van der Waals surface area contributed by atoms with Crippen molar-refractivity contribution in [1.82, 2.24) is 0 Å². The average Bonchev–Trinajstić information content (AvgIpc) is 2.53. The van der Waals surface area contributed by atoms with E-state index in [2.05, 4.69) is 6.07 Å². The van der Waals surface area contributed by atoms with E-state index in [1.165, 1.54) is 6.08 Å². The molecule has 0 saturated heterocycles. The first-order valence-electron chi connectivity index (χ1n) is 5.89. The molecule has 92 valence electrons. The zero-order chi connectivity index (χ0) is 14.4. The Morgan fingerprint density at radius 1 is 0.850 bits per heavy atom. The summed E-state index contributed by atoms with van der Waals surface area (Å²) >= 11 is 0. The minimum atomic E-state index is 0.0734. The Balaban J connectivity index is 2.34. The topological polar surface area (TPSA) is 71.4 Å². The van der Waals surface area contributed by atoms with Gasteiger partial charge in [-0.15, -0.1) is 0 Å². The Morgan fingerprint density at radius 2 is 1.55 bits per heavy atom. The molecule has 0 aliphatic rings. The number of rotatable bonds is 2. The number of hydrogen-bond donors (Lipinski definition) is 0. The molecular weight excluding hydrogens is 246 g/mol. The van der Waals surface area contributed by atoms with Gasteiger partial charge in [0.15, 0.2) is 0 Å². The normalized spacial score (nSPS) is 8.85. The van der Waals surface area contributed by atoms with Gasteiger partial charge in [-0.2, -0.15) is 15.8 Å². The predicted molar refractivity (Wildman–Crippen MR) is 75.8 cm³/mol. The Bertz CT molecular complexity index is 763. The van der Waals surface area contributed by atoms with E-state index in [9.17, 15) is 0 Å². The third kappa shape index (κ3) is 2.91. The van der Waals surface area contributed by atoms with Crippen molar-refractivity contribution < 1.29 is 0 Å². The monoisotopic (exact) mass is 255 g/mol. The summed E-state index contributed by atoms with van der Waals surface area (Å²) in [4.78, 5) is 0. The van der Waals surface area contributed by atoms with Crippen LogP contribution in [0.15, 0.2) is 54.1 Å². The van der Waals surface area contributed by atoms with Crippen molar-refractivity contribution in [3.63, 3.8) is 0 Å². The summed E-state index contributed by atoms with van der Waals surface area (Å²) < 4.78 is 0. The lowest BCUT2D eigenvalue weighted by Gasteiger charge is -2.02. The van der Waals surface area contributed by atoms with Gasteiger partial charge < -0.3 is 0 Å². The zero-order valence-electron chi connectivity index (χ0n) is 10.5. The number of benzene rings is 2. The van der Waals surface area contributed by atoms with Crippen LogP contribution < -0.4 is 0 Å². The van der Waals surface area contributed by atoms with Crippen molar-refractivity contribution in [2.24, 2.45) is 0 Å². The summed E-state index contributed by atoms with van der Waals surface area (Å²) in [6.07, 6.45) is 1.54. The van der Waals surface area contributed by atoms with E-state index in [0.717, 1.165) is 16.7 Å². The molecule has 2 rings (SSSR count). The number of nitriles is 3. The maximum absolute atomic E-state index is 8.89. The fraction of sp³-hybridized carbons (Fsp3) is 0. The maximum Gasteiger partial charge on any atom is 0.130 e. The molecule has 2 aromatic rings. The van der Waals surface area contributed by atoms with Gasteiger partial charge in [0.2, 0.25) is 0 Å². The molecule has 0 bridgehead atoms. The molecule has 0 unspecified atom stereocenters. The smallest absolute Gasteiger partial charge is 0.130 e. The lowest BCUT2D eigenvalue weighted by molar-refractivity contribution is 1.47. The zero-order valence-corrected chi connectivity index (χ0v) is 10.5. The molecule has 0 atom stereocenters. The van der Waals surface area contributed by atoms with Gasteiger partial charge in [0.25, 0.3) is 0 Å². The standard InChI is InChI=1S/C17H9N3/c18-10-14-2-1-3-17(9-14)16-6-4-13(5-7-16)8-15(11-19)12-20/h1-9H. The van der Waals surface area contributed by atoms with Crippen molar-refractivity contribution in [1.29, 1.82) is 15.8 Å². The average molecular weight is 255 g/mol. The van der Waals surface area contributed by atoms with E-state index in [-0.39, 0.29) is 5.57 Å². The van der Waals surface area contributed by atoms with Crippen LogP contribution in [0.2, 0.25) is 0 Å². The second kappa shape index (κ2) is 6.01. The Labute approximate surface area is 117 Å². The van der Waals surface area contributed by atoms with Crippen molar-refractivity contribution in [3.05, 3.63) is 65.2 Å². The predicted octanol–water partition coefficient (Wildman–Crippen LogP) is 3.66. The van der Waals surface area contributed by atoms with E-state index in [0.29, 0.717) is 5.56 Å². The van der Waals surface area contributed by atoms with Gasteiger partial charge in [-0.25, -0.2) is 0 Å². The summed E-state index contributed by atoms with van der Waals surface area (Å²) in [6.45, 7) is 0. The van der Waals surface area contributed by atoms with Crippen LogP contribution in [0.25, 0.3) is 17.2 Å². The first kappa shape index (κ1) is 13.1. The molecule has 0 heterocycles. The van der Waals surface area contributed by atoms with Gasteiger partial charge in [-0.1, -0.05) is 36.4 Å². The van der Waals surface area contributed by atoms with Gasteiger partial charge >= 0.3 is 0 Å². The molecule has 0 aliphatic carbocycles. The highest BCUT2D eigenvalue weighted by atomic mass is 14.3. The summed E-state index contributed by atoms with van der Waals surface area (Å²) in [6, 6.07) is 20.6. The highest BCUT2D eigenvalue weighted by molar-refractivity contribution is 5.69. The van der Waals surface area contributed by atoms with Crippen molar-refractivity contribution in [3.8, 4) is 29.3 Å². The molecule has 0 fully saturated rings. The number of nitrogens with zero attached hydrogens (tertiary/aromatic N) is 3. The summed E-state index contributed by atoms with van der Waals surface area (Å²) in [5.74, 6) is 0. The fourth-order valence-corrected chi connectivity index (χ4v) is 1.80. The SMILES string of the molecule is N#CC(C#N)=Cc1ccc(-c2cccc(C#N)c2)cc1. The molecular formula is C17H9N3. The second-order valence-electron chi connectivity index (χ2n) is 4.10. The lowest BCUT2D eigenvalue weighted by atomic mass is 10.0. The van der Waals surface area contributed by atoms with E-state index in [1.807, 2.05) is 54.6 Å². The molecule has 0 N–H and O–H groups in total. The van der Waals surface area contributed by atoms with E-state index >= 15 is 0 Å². The van der Waals surface area contributed by atoms with Crippen LogP contribution in [0.4, 0.5) is 0 Å². The van der Waals surface area contributed by atoms with Crippen LogP contribution in [0.1, 0.15) is 11.1 Å². The first-order valence-corrected chi connectivity index (χ1v) is 5.89. The third-order valence-corrected chi connectivity index (χ3v) is 2.79. The molecule has 0 saturated carbocycles. The summed E-state index contributed by atoms with van der Waals surface area (Å²) in [5, 5.41) is 26.3. The van der Waals surface area contributed by atoms with Crippen molar-refractivity contribution >= 4 is 6.08 Å². The minimum absolute atomic E-state index is 0.0734. The Hall–Kier alpha value is -3.35. The van der Waals surface area contributed by atoms with Crippen LogP contribution in [0.5, 0.6) is 0 Å². The van der Waals surface area contributed by atoms with Gasteiger partial charge in [0.05, 0.1) is 11.6 Å². The molecule has 3 heteroatoms. The summed E-state index contributed by atoms with van der Waals surface area (Å²) in [5.41, 5.74) is 3.42. The number of hydrogen-bond acceptors (Lipinski definition) is 3. The molecule has 20 heavy (non-hydrogen) atoms. The molecule has 2 aromatic carbocycles. The molecule has 0 radical (unpaired) electrons. The van der Waals surface area contributed by atoms with Gasteiger partial charge in [0.1, 0.15) is 17.7 Å². The van der Waals surface area contributed by atoms with Gasteiger partial charge in [-0.3, -0.25) is 0 Å². The van der Waals surface area contributed by atoms with Crippen LogP contribution in [-0.4, -0.2) is 0 Å². The van der Waals surface area contributed by atoms with E-state index in [4.69, 9.17) is 15.8 Å². The molecule has 0 aliphatic heterocycles. The molecule has 0 amide bonds. The Kier molecular flexibility index (Phi) is 3.93. The van der Waals surface area contributed by atoms with E-state index in [1.54, 1.807) is 6.07 Å². The minimum Gasteiger partial charge on any atom is -0.192 e. The highest BCUT2D eigenvalue weighted by Crippen LogP contribution is 2.21. The van der Waals surface area contributed by atoms with Crippen LogP contribution in [0, 0.1) is 34.0 Å². The molecule has 0 aromatic heterocycles. The van der Waals surface area contributed by atoms with Gasteiger partial charge in [-0.05, 0) is 34.9 Å². The lowest BCUT2D eigenvalue weighted by Crippen LogP contribution is -1.81. The van der Waals surface area contributed by atoms with Crippen LogP contribution in [-0.2, 0) is 0 Å². The van der Waals surface area contributed by atoms with Crippen LogP contribution >= 0.6 is 0 Å². The van der Waals surface area contributed by atoms with Gasteiger partial charge in [0, 0.05) is 0 Å². The molecule has 0 spiro atoms. The highest BCUT2D eigenvalue weighted by Gasteiger charge is 2.00. The maximum atomic E-state index is 8.89. The largest absolute Gasteiger partial charge is 0.192 e. The quantitative estimate of drug-likeness (QED) is 0.769. The summed E-state index contributed by atoms with van der Waals surface area (Å²) in [7, 11) is 0. The number of allylic oxidation sites excluding steroid dienone is 1.